The highest BCUT2D eigenvalue weighted by molar-refractivity contribution is 5.72. The number of esters is 1. The zero-order chi connectivity index (χ0) is 17.0. The predicted molar refractivity (Wildman–Crippen MR) is 87.0 cm³/mol. The molecule has 2 heterocycles. The van der Waals surface area contributed by atoms with Crippen LogP contribution in [0.5, 0.6) is 0 Å². The van der Waals surface area contributed by atoms with E-state index in [9.17, 15) is 4.79 Å². The van der Waals surface area contributed by atoms with Gasteiger partial charge in [-0.1, -0.05) is 24.9 Å². The van der Waals surface area contributed by atoms with Crippen LogP contribution in [0.2, 0.25) is 0 Å². The molecule has 2 saturated heterocycles. The highest BCUT2D eigenvalue weighted by atomic mass is 16.7. The van der Waals surface area contributed by atoms with Crippen LogP contribution in [0.4, 0.5) is 0 Å². The normalized spacial score (nSPS) is 34.0. The average Bonchev–Trinajstić information content (AvgIpc) is 3.22. The van der Waals surface area contributed by atoms with Crippen molar-refractivity contribution < 1.29 is 19.0 Å². The first-order chi connectivity index (χ1) is 11.7. The number of azide groups is 1. The number of fused-ring (bicyclic) bond motifs is 1. The first-order valence-electron chi connectivity index (χ1n) is 9.19. The van der Waals surface area contributed by atoms with E-state index in [0.29, 0.717) is 26.1 Å². The number of hydrogen-bond donors (Lipinski definition) is 0. The van der Waals surface area contributed by atoms with Gasteiger partial charge in [-0.3, -0.25) is 4.79 Å². The number of rotatable bonds is 8. The van der Waals surface area contributed by atoms with Crippen LogP contribution in [0.15, 0.2) is 5.11 Å². The first kappa shape index (κ1) is 17.5. The lowest BCUT2D eigenvalue weighted by Crippen LogP contribution is -2.32. The van der Waals surface area contributed by atoms with E-state index in [-0.39, 0.29) is 30.0 Å². The molecule has 134 valence electrons. The molecule has 3 fully saturated rings. The monoisotopic (exact) mass is 337 g/mol. The molecule has 3 aliphatic rings. The fourth-order valence-electron chi connectivity index (χ4n) is 4.52. The Kier molecular flexibility index (Phi) is 5.64. The molecular weight excluding hydrogens is 310 g/mol. The number of carbonyl (C=O) groups is 1. The fourth-order valence-corrected chi connectivity index (χ4v) is 4.52. The highest BCUT2D eigenvalue weighted by Crippen LogP contribution is 2.46. The minimum Gasteiger partial charge on any atom is -0.462 e. The van der Waals surface area contributed by atoms with Crippen LogP contribution in [0.25, 0.3) is 10.4 Å². The Hall–Kier alpha value is -1.30. The van der Waals surface area contributed by atoms with E-state index in [1.807, 2.05) is 0 Å². The van der Waals surface area contributed by atoms with Crippen LogP contribution in [0, 0.1) is 11.8 Å². The molecule has 0 aromatic rings. The molecule has 7 nitrogen and oxygen atoms in total. The zero-order valence-electron chi connectivity index (χ0n) is 14.4. The van der Waals surface area contributed by atoms with Crippen LogP contribution < -0.4 is 0 Å². The van der Waals surface area contributed by atoms with Gasteiger partial charge in [0.15, 0.2) is 5.79 Å². The molecular formula is C17H27N3O4. The van der Waals surface area contributed by atoms with Gasteiger partial charge in [0.2, 0.25) is 0 Å². The smallest absolute Gasteiger partial charge is 0.306 e. The van der Waals surface area contributed by atoms with Gasteiger partial charge in [-0.25, -0.2) is 0 Å². The third kappa shape index (κ3) is 3.68. The lowest BCUT2D eigenvalue weighted by molar-refractivity contribution is -0.170. The van der Waals surface area contributed by atoms with Gasteiger partial charge < -0.3 is 14.2 Å². The number of nitrogens with zero attached hydrogens (tertiary/aromatic N) is 3. The van der Waals surface area contributed by atoms with Gasteiger partial charge in [-0.2, -0.15) is 0 Å². The predicted octanol–water partition coefficient (Wildman–Crippen LogP) is 3.72. The molecule has 1 unspecified atom stereocenters. The Morgan fingerprint density at radius 1 is 1.29 bits per heavy atom. The molecule has 0 aromatic heterocycles. The van der Waals surface area contributed by atoms with E-state index >= 15 is 0 Å². The zero-order valence-corrected chi connectivity index (χ0v) is 14.4. The first-order valence-corrected chi connectivity index (χ1v) is 9.19. The Morgan fingerprint density at radius 2 is 2.08 bits per heavy atom. The Balaban J connectivity index is 1.63. The average molecular weight is 337 g/mol. The van der Waals surface area contributed by atoms with Gasteiger partial charge in [-0.05, 0) is 30.7 Å². The van der Waals surface area contributed by atoms with Crippen LogP contribution >= 0.6 is 0 Å². The maximum absolute atomic E-state index is 11.6. The SMILES string of the molecule is CCCCCC1(CC[C@H]2[C@@H](N=[N+]=[N-])CC3OC(=O)C[C@@H]32)OCCO1. The Bertz CT molecular complexity index is 500. The molecule has 0 N–H and O–H groups in total. The molecule has 0 bridgehead atoms. The van der Waals surface area contributed by atoms with Gasteiger partial charge in [0, 0.05) is 29.7 Å². The summed E-state index contributed by atoms with van der Waals surface area (Å²) >= 11 is 0. The van der Waals surface area contributed by atoms with Crippen molar-refractivity contribution in [1.29, 1.82) is 0 Å². The van der Waals surface area contributed by atoms with E-state index in [1.165, 1.54) is 12.8 Å². The van der Waals surface area contributed by atoms with Gasteiger partial charge >= 0.3 is 5.97 Å². The summed E-state index contributed by atoms with van der Waals surface area (Å²) in [4.78, 5) is 14.6. The third-order valence-electron chi connectivity index (χ3n) is 5.71. The van der Waals surface area contributed by atoms with Crippen molar-refractivity contribution in [2.75, 3.05) is 13.2 Å². The Morgan fingerprint density at radius 3 is 2.79 bits per heavy atom. The molecule has 24 heavy (non-hydrogen) atoms. The second-order valence-corrected chi connectivity index (χ2v) is 7.17. The fraction of sp³-hybridized carbons (Fsp3) is 0.941. The number of ether oxygens (including phenoxy) is 3. The molecule has 1 saturated carbocycles. The molecule has 2 aliphatic heterocycles. The van der Waals surface area contributed by atoms with Crippen LogP contribution in [-0.2, 0) is 19.0 Å². The second-order valence-electron chi connectivity index (χ2n) is 7.17. The number of hydrogen-bond acceptors (Lipinski definition) is 5. The van der Waals surface area contributed by atoms with E-state index in [4.69, 9.17) is 19.7 Å². The highest BCUT2D eigenvalue weighted by Gasteiger charge is 2.50. The van der Waals surface area contributed by atoms with Crippen molar-refractivity contribution in [2.24, 2.45) is 17.0 Å². The van der Waals surface area contributed by atoms with E-state index in [1.54, 1.807) is 0 Å². The van der Waals surface area contributed by atoms with Crippen molar-refractivity contribution >= 4 is 5.97 Å². The third-order valence-corrected chi connectivity index (χ3v) is 5.71. The summed E-state index contributed by atoms with van der Waals surface area (Å²) in [6.45, 7) is 3.47. The summed E-state index contributed by atoms with van der Waals surface area (Å²) in [5.41, 5.74) is 8.83. The summed E-state index contributed by atoms with van der Waals surface area (Å²) in [6.07, 6.45) is 6.97. The van der Waals surface area contributed by atoms with E-state index in [2.05, 4.69) is 16.9 Å². The van der Waals surface area contributed by atoms with Crippen molar-refractivity contribution in [2.45, 2.75) is 76.2 Å². The van der Waals surface area contributed by atoms with Crippen LogP contribution in [0.3, 0.4) is 0 Å². The molecule has 0 aromatic carbocycles. The summed E-state index contributed by atoms with van der Waals surface area (Å²) in [7, 11) is 0. The maximum Gasteiger partial charge on any atom is 0.306 e. The van der Waals surface area contributed by atoms with Gasteiger partial charge in [0.1, 0.15) is 6.10 Å². The molecule has 3 rings (SSSR count). The van der Waals surface area contributed by atoms with Crippen molar-refractivity contribution in [1.82, 2.24) is 0 Å². The van der Waals surface area contributed by atoms with E-state index < -0.39 is 5.79 Å². The Labute approximate surface area is 142 Å². The lowest BCUT2D eigenvalue weighted by Gasteiger charge is -2.30. The maximum atomic E-state index is 11.6. The van der Waals surface area contributed by atoms with Gasteiger partial charge in [0.25, 0.3) is 0 Å². The minimum atomic E-state index is -0.488. The van der Waals surface area contributed by atoms with Crippen molar-refractivity contribution in [3.05, 3.63) is 10.4 Å². The molecule has 0 radical (unpaired) electrons. The summed E-state index contributed by atoms with van der Waals surface area (Å²) in [5.74, 6) is -0.270. The molecule has 1 aliphatic carbocycles. The topological polar surface area (TPSA) is 93.5 Å². The second kappa shape index (κ2) is 7.72. The number of unbranched alkanes of at least 4 members (excludes halogenated alkanes) is 2. The number of carbonyl (C=O) groups excluding carboxylic acids is 1. The minimum absolute atomic E-state index is 0.0838. The van der Waals surface area contributed by atoms with Crippen LogP contribution in [-0.4, -0.2) is 37.1 Å². The quantitative estimate of drug-likeness (QED) is 0.222. The van der Waals surface area contributed by atoms with Crippen molar-refractivity contribution in [3.63, 3.8) is 0 Å². The van der Waals surface area contributed by atoms with Crippen molar-refractivity contribution in [3.8, 4) is 0 Å². The van der Waals surface area contributed by atoms with Gasteiger partial charge in [0.05, 0.1) is 19.6 Å². The van der Waals surface area contributed by atoms with E-state index in [0.717, 1.165) is 25.7 Å². The molecule has 0 spiro atoms. The summed E-state index contributed by atoms with van der Waals surface area (Å²) in [6, 6.07) is -0.0906. The summed E-state index contributed by atoms with van der Waals surface area (Å²) < 4.78 is 17.3. The molecule has 4 atom stereocenters. The van der Waals surface area contributed by atoms with Gasteiger partial charge in [-0.15, -0.1) is 0 Å². The van der Waals surface area contributed by atoms with Crippen LogP contribution in [0.1, 0.15) is 58.3 Å². The largest absolute Gasteiger partial charge is 0.462 e. The molecule has 7 heteroatoms. The molecule has 0 amide bonds. The summed E-state index contributed by atoms with van der Waals surface area (Å²) in [5, 5.41) is 3.96. The lowest BCUT2D eigenvalue weighted by atomic mass is 9.85. The standard InChI is InChI=1S/C17H27N3O4/c1-2-3-4-6-17(22-8-9-23-17)7-5-12-13-10-16(21)24-15(13)11-14(12)19-20-18/h12-15H,2-11H2,1H3/t12-,13-,14+,15?/m1/s1.